The van der Waals surface area contributed by atoms with Crippen LogP contribution in [0.25, 0.3) is 0 Å². The van der Waals surface area contributed by atoms with Crippen LogP contribution in [0.4, 0.5) is 14.5 Å². The van der Waals surface area contributed by atoms with Gasteiger partial charge in [0.05, 0.1) is 6.54 Å². The minimum Gasteiger partial charge on any atom is -0.336 e. The fraction of sp³-hybridized carbons (Fsp3) is 0.333. The first-order chi connectivity index (χ1) is 13.5. The summed E-state index contributed by atoms with van der Waals surface area (Å²) in [6.45, 7) is 4.21. The molecule has 0 radical (unpaired) electrons. The number of anilines is 1. The molecule has 0 atom stereocenters. The molecule has 1 N–H and O–H groups in total. The first-order valence-corrected chi connectivity index (χ1v) is 9.32. The molecule has 1 fully saturated rings. The number of rotatable bonds is 5. The Labute approximate surface area is 162 Å². The van der Waals surface area contributed by atoms with Gasteiger partial charge in [-0.1, -0.05) is 25.1 Å². The van der Waals surface area contributed by atoms with Crippen LogP contribution in [0.15, 0.2) is 42.5 Å². The molecule has 0 aromatic heterocycles. The molecule has 1 aliphatic rings. The lowest BCUT2D eigenvalue weighted by Gasteiger charge is -2.34. The SMILES string of the molecule is CCc1ccccc1NC(=O)CN1CCN(C(=O)c2ccc(F)c(F)c2)CC1. The van der Waals surface area contributed by atoms with E-state index in [0.29, 0.717) is 26.2 Å². The zero-order valence-corrected chi connectivity index (χ0v) is 15.8. The number of nitrogens with zero attached hydrogens (tertiary/aromatic N) is 2. The molecule has 5 nitrogen and oxygen atoms in total. The van der Waals surface area contributed by atoms with E-state index in [0.717, 1.165) is 29.8 Å². The summed E-state index contributed by atoms with van der Waals surface area (Å²) in [4.78, 5) is 28.3. The van der Waals surface area contributed by atoms with Crippen LogP contribution in [0.3, 0.4) is 0 Å². The molecule has 1 heterocycles. The molecule has 0 saturated carbocycles. The van der Waals surface area contributed by atoms with Crippen molar-refractivity contribution in [3.05, 3.63) is 65.2 Å². The number of amides is 2. The number of piperazine rings is 1. The first kappa shape index (κ1) is 19.9. The van der Waals surface area contributed by atoms with Crippen molar-refractivity contribution in [1.29, 1.82) is 0 Å². The molecule has 7 heteroatoms. The third kappa shape index (κ3) is 4.72. The second kappa shape index (κ2) is 8.93. The summed E-state index contributed by atoms with van der Waals surface area (Å²) in [5, 5.41) is 2.94. The molecule has 3 rings (SSSR count). The monoisotopic (exact) mass is 387 g/mol. The lowest BCUT2D eigenvalue weighted by molar-refractivity contribution is -0.117. The second-order valence-corrected chi connectivity index (χ2v) is 6.76. The largest absolute Gasteiger partial charge is 0.336 e. The highest BCUT2D eigenvalue weighted by molar-refractivity contribution is 5.94. The number of benzene rings is 2. The highest BCUT2D eigenvalue weighted by Gasteiger charge is 2.24. The predicted octanol–water partition coefficient (Wildman–Crippen LogP) is 2.92. The van der Waals surface area contributed by atoms with Crippen LogP contribution in [0.5, 0.6) is 0 Å². The average Bonchev–Trinajstić information content (AvgIpc) is 2.70. The Morgan fingerprint density at radius 2 is 1.71 bits per heavy atom. The molecule has 1 saturated heterocycles. The fourth-order valence-corrected chi connectivity index (χ4v) is 3.26. The Kier molecular flexibility index (Phi) is 6.36. The number of carbonyl (C=O) groups is 2. The molecular weight excluding hydrogens is 364 g/mol. The minimum atomic E-state index is -1.03. The Morgan fingerprint density at radius 1 is 1.00 bits per heavy atom. The lowest BCUT2D eigenvalue weighted by Crippen LogP contribution is -2.50. The summed E-state index contributed by atoms with van der Waals surface area (Å²) in [7, 11) is 0. The Hall–Kier alpha value is -2.80. The van der Waals surface area contributed by atoms with Gasteiger partial charge >= 0.3 is 0 Å². The van der Waals surface area contributed by atoms with E-state index in [1.165, 1.54) is 6.07 Å². The molecule has 28 heavy (non-hydrogen) atoms. The highest BCUT2D eigenvalue weighted by atomic mass is 19.2. The molecule has 0 spiro atoms. The normalized spacial score (nSPS) is 14.8. The summed E-state index contributed by atoms with van der Waals surface area (Å²) in [5.41, 5.74) is 2.03. The number of hydrogen-bond donors (Lipinski definition) is 1. The van der Waals surface area contributed by atoms with Gasteiger partial charge < -0.3 is 10.2 Å². The number of aryl methyl sites for hydroxylation is 1. The van der Waals surface area contributed by atoms with Crippen molar-refractivity contribution in [2.75, 3.05) is 38.0 Å². The van der Waals surface area contributed by atoms with Crippen molar-refractivity contribution < 1.29 is 18.4 Å². The van der Waals surface area contributed by atoms with E-state index in [1.54, 1.807) is 4.90 Å². The van der Waals surface area contributed by atoms with E-state index in [-0.39, 0.29) is 23.9 Å². The van der Waals surface area contributed by atoms with E-state index in [4.69, 9.17) is 0 Å². The van der Waals surface area contributed by atoms with Gasteiger partial charge in [0, 0.05) is 37.4 Å². The maximum absolute atomic E-state index is 13.3. The van der Waals surface area contributed by atoms with Crippen LogP contribution >= 0.6 is 0 Å². The number of hydrogen-bond acceptors (Lipinski definition) is 3. The molecule has 148 valence electrons. The zero-order valence-electron chi connectivity index (χ0n) is 15.8. The zero-order chi connectivity index (χ0) is 20.1. The Morgan fingerprint density at radius 3 is 2.39 bits per heavy atom. The van der Waals surface area contributed by atoms with Crippen molar-refractivity contribution in [3.63, 3.8) is 0 Å². The Balaban J connectivity index is 1.51. The molecule has 1 aliphatic heterocycles. The van der Waals surface area contributed by atoms with Crippen molar-refractivity contribution >= 4 is 17.5 Å². The predicted molar refractivity (Wildman–Crippen MR) is 103 cm³/mol. The van der Waals surface area contributed by atoms with Crippen LogP contribution in [0.1, 0.15) is 22.8 Å². The van der Waals surface area contributed by atoms with Gasteiger partial charge in [0.25, 0.3) is 5.91 Å². The van der Waals surface area contributed by atoms with Gasteiger partial charge in [-0.25, -0.2) is 8.78 Å². The van der Waals surface area contributed by atoms with Crippen LogP contribution in [0.2, 0.25) is 0 Å². The van der Waals surface area contributed by atoms with E-state index in [9.17, 15) is 18.4 Å². The smallest absolute Gasteiger partial charge is 0.254 e. The van der Waals surface area contributed by atoms with Gasteiger partial charge in [-0.3, -0.25) is 14.5 Å². The van der Waals surface area contributed by atoms with E-state index < -0.39 is 11.6 Å². The maximum Gasteiger partial charge on any atom is 0.254 e. The van der Waals surface area contributed by atoms with Crippen molar-refractivity contribution in [2.24, 2.45) is 0 Å². The van der Waals surface area contributed by atoms with Crippen molar-refractivity contribution in [3.8, 4) is 0 Å². The number of para-hydroxylation sites is 1. The van der Waals surface area contributed by atoms with Gasteiger partial charge in [0.15, 0.2) is 11.6 Å². The second-order valence-electron chi connectivity index (χ2n) is 6.76. The molecule has 2 aromatic carbocycles. The summed E-state index contributed by atoms with van der Waals surface area (Å²) < 4.78 is 26.4. The van der Waals surface area contributed by atoms with E-state index >= 15 is 0 Å². The average molecular weight is 387 g/mol. The van der Waals surface area contributed by atoms with E-state index in [2.05, 4.69) is 5.32 Å². The van der Waals surface area contributed by atoms with Crippen molar-refractivity contribution in [2.45, 2.75) is 13.3 Å². The van der Waals surface area contributed by atoms with Crippen LogP contribution in [-0.2, 0) is 11.2 Å². The quantitative estimate of drug-likeness (QED) is 0.858. The van der Waals surface area contributed by atoms with Crippen LogP contribution in [0, 0.1) is 11.6 Å². The van der Waals surface area contributed by atoms with Crippen molar-refractivity contribution in [1.82, 2.24) is 9.80 Å². The topological polar surface area (TPSA) is 52.7 Å². The Bertz CT molecular complexity index is 864. The summed E-state index contributed by atoms with van der Waals surface area (Å²) in [5.74, 6) is -2.44. The number of carbonyl (C=O) groups excluding carboxylic acids is 2. The minimum absolute atomic E-state index is 0.0960. The number of halogens is 2. The highest BCUT2D eigenvalue weighted by Crippen LogP contribution is 2.16. The molecule has 2 aromatic rings. The first-order valence-electron chi connectivity index (χ1n) is 9.32. The molecule has 0 bridgehead atoms. The third-order valence-electron chi connectivity index (χ3n) is 4.87. The molecule has 2 amide bonds. The van der Waals surface area contributed by atoms with Crippen LogP contribution in [-0.4, -0.2) is 54.3 Å². The standard InChI is InChI=1S/C21H23F2N3O2/c1-2-15-5-3-4-6-19(15)24-20(27)14-25-9-11-26(12-10-25)21(28)16-7-8-17(22)18(23)13-16/h3-8,13H,2,9-12,14H2,1H3,(H,24,27). The summed E-state index contributed by atoms with van der Waals surface area (Å²) >= 11 is 0. The van der Waals surface area contributed by atoms with Gasteiger partial charge in [-0.2, -0.15) is 0 Å². The number of nitrogens with one attached hydrogen (secondary N) is 1. The van der Waals surface area contributed by atoms with Gasteiger partial charge in [0.1, 0.15) is 0 Å². The third-order valence-corrected chi connectivity index (χ3v) is 4.87. The van der Waals surface area contributed by atoms with Gasteiger partial charge in [-0.15, -0.1) is 0 Å². The lowest BCUT2D eigenvalue weighted by atomic mass is 10.1. The van der Waals surface area contributed by atoms with Gasteiger partial charge in [-0.05, 0) is 36.2 Å². The summed E-state index contributed by atoms with van der Waals surface area (Å²) in [6, 6.07) is 10.9. The molecular formula is C21H23F2N3O2. The molecule has 0 unspecified atom stereocenters. The van der Waals surface area contributed by atoms with Gasteiger partial charge in [0.2, 0.25) is 5.91 Å². The molecule has 0 aliphatic carbocycles. The summed E-state index contributed by atoms with van der Waals surface area (Å²) in [6.07, 6.45) is 0.835. The fourth-order valence-electron chi connectivity index (χ4n) is 3.26. The maximum atomic E-state index is 13.3. The van der Waals surface area contributed by atoms with E-state index in [1.807, 2.05) is 36.1 Å². The van der Waals surface area contributed by atoms with Crippen LogP contribution < -0.4 is 5.32 Å².